The summed E-state index contributed by atoms with van der Waals surface area (Å²) in [6.07, 6.45) is 3.75. The highest BCUT2D eigenvalue weighted by Gasteiger charge is 2.38. The standard InChI is InChI=1S/C12H23NO2S/c1-10(2)4-3-7-13-12(11(14)15)5-8-16-9-6-12/h10,13H,3-9H2,1-2H3,(H,14,15). The van der Waals surface area contributed by atoms with Gasteiger partial charge in [-0.3, -0.25) is 4.79 Å². The van der Waals surface area contributed by atoms with Gasteiger partial charge in [-0.25, -0.2) is 0 Å². The van der Waals surface area contributed by atoms with Crippen LogP contribution in [0, 0.1) is 5.92 Å². The molecule has 16 heavy (non-hydrogen) atoms. The van der Waals surface area contributed by atoms with Crippen molar-refractivity contribution in [2.45, 2.75) is 45.1 Å². The Balaban J connectivity index is 2.36. The Morgan fingerprint density at radius 3 is 2.56 bits per heavy atom. The first kappa shape index (κ1) is 13.8. The molecule has 0 radical (unpaired) electrons. The number of aliphatic carboxylic acids is 1. The molecular formula is C12H23NO2S. The number of carbonyl (C=O) groups is 1. The highest BCUT2D eigenvalue weighted by Crippen LogP contribution is 2.27. The lowest BCUT2D eigenvalue weighted by molar-refractivity contribution is -0.145. The third-order valence-corrected chi connectivity index (χ3v) is 4.16. The molecule has 0 atom stereocenters. The van der Waals surface area contributed by atoms with Crippen molar-refractivity contribution in [1.29, 1.82) is 0 Å². The van der Waals surface area contributed by atoms with Crippen molar-refractivity contribution in [2.75, 3.05) is 18.1 Å². The SMILES string of the molecule is CC(C)CCCNC1(C(=O)O)CCSCC1. The van der Waals surface area contributed by atoms with Crippen LogP contribution in [-0.4, -0.2) is 34.7 Å². The summed E-state index contributed by atoms with van der Waals surface area (Å²) >= 11 is 1.86. The zero-order valence-corrected chi connectivity index (χ0v) is 11.1. The number of carboxylic acid groups (broad SMARTS) is 1. The molecule has 94 valence electrons. The number of carboxylic acids is 1. The third-order valence-electron chi connectivity index (χ3n) is 3.18. The fraction of sp³-hybridized carbons (Fsp3) is 0.917. The van der Waals surface area contributed by atoms with E-state index >= 15 is 0 Å². The predicted octanol–water partition coefficient (Wildman–Crippen LogP) is 2.36. The van der Waals surface area contributed by atoms with Crippen LogP contribution in [0.5, 0.6) is 0 Å². The fourth-order valence-electron chi connectivity index (χ4n) is 2.02. The largest absolute Gasteiger partial charge is 0.480 e. The Labute approximate surface area is 102 Å². The normalized spacial score (nSPS) is 19.9. The zero-order valence-electron chi connectivity index (χ0n) is 10.3. The van der Waals surface area contributed by atoms with Crippen LogP contribution in [-0.2, 0) is 4.79 Å². The van der Waals surface area contributed by atoms with E-state index in [1.54, 1.807) is 0 Å². The van der Waals surface area contributed by atoms with Crippen LogP contribution in [0.3, 0.4) is 0 Å². The first-order chi connectivity index (χ1) is 7.57. The molecule has 1 fully saturated rings. The highest BCUT2D eigenvalue weighted by atomic mass is 32.2. The molecule has 2 N–H and O–H groups in total. The Hall–Kier alpha value is -0.220. The maximum Gasteiger partial charge on any atom is 0.323 e. The van der Waals surface area contributed by atoms with Crippen molar-refractivity contribution >= 4 is 17.7 Å². The number of thioether (sulfide) groups is 1. The molecule has 4 heteroatoms. The van der Waals surface area contributed by atoms with Gasteiger partial charge in [0, 0.05) is 0 Å². The molecule has 0 spiro atoms. The van der Waals surface area contributed by atoms with E-state index < -0.39 is 11.5 Å². The summed E-state index contributed by atoms with van der Waals surface area (Å²) < 4.78 is 0. The van der Waals surface area contributed by atoms with Gasteiger partial charge in [-0.05, 0) is 49.7 Å². The molecule has 0 unspecified atom stereocenters. The molecule has 0 aromatic heterocycles. The summed E-state index contributed by atoms with van der Waals surface area (Å²) in [6.45, 7) is 5.23. The molecule has 0 aromatic carbocycles. The lowest BCUT2D eigenvalue weighted by Gasteiger charge is -2.34. The van der Waals surface area contributed by atoms with Crippen molar-refractivity contribution in [3.63, 3.8) is 0 Å². The lowest BCUT2D eigenvalue weighted by atomic mass is 9.92. The van der Waals surface area contributed by atoms with Gasteiger partial charge >= 0.3 is 5.97 Å². The van der Waals surface area contributed by atoms with Gasteiger partial charge in [-0.15, -0.1) is 0 Å². The van der Waals surface area contributed by atoms with Crippen LogP contribution in [0.4, 0.5) is 0 Å². The van der Waals surface area contributed by atoms with Gasteiger partial charge in [-0.1, -0.05) is 13.8 Å². The summed E-state index contributed by atoms with van der Waals surface area (Å²) in [6, 6.07) is 0. The van der Waals surface area contributed by atoms with Crippen LogP contribution in [0.15, 0.2) is 0 Å². The molecule has 1 rings (SSSR count). The second-order valence-corrected chi connectivity index (χ2v) is 6.19. The van der Waals surface area contributed by atoms with Gasteiger partial charge in [0.05, 0.1) is 0 Å². The van der Waals surface area contributed by atoms with Gasteiger partial charge in [0.2, 0.25) is 0 Å². The van der Waals surface area contributed by atoms with Gasteiger partial charge in [-0.2, -0.15) is 11.8 Å². The zero-order chi connectivity index (χ0) is 12.0. The predicted molar refractivity (Wildman–Crippen MR) is 69.0 cm³/mol. The molecule has 1 saturated heterocycles. The average molecular weight is 245 g/mol. The van der Waals surface area contributed by atoms with Crippen molar-refractivity contribution in [2.24, 2.45) is 5.92 Å². The van der Waals surface area contributed by atoms with E-state index in [4.69, 9.17) is 0 Å². The molecule has 1 heterocycles. The fourth-order valence-corrected chi connectivity index (χ4v) is 3.21. The van der Waals surface area contributed by atoms with Crippen LogP contribution in [0.1, 0.15) is 39.5 Å². The van der Waals surface area contributed by atoms with E-state index in [0.29, 0.717) is 5.92 Å². The first-order valence-electron chi connectivity index (χ1n) is 6.13. The molecular weight excluding hydrogens is 222 g/mol. The molecule has 0 bridgehead atoms. The maximum absolute atomic E-state index is 11.3. The highest BCUT2D eigenvalue weighted by molar-refractivity contribution is 7.99. The number of rotatable bonds is 6. The number of nitrogens with one attached hydrogen (secondary N) is 1. The molecule has 3 nitrogen and oxygen atoms in total. The average Bonchev–Trinajstić information content (AvgIpc) is 2.25. The second-order valence-electron chi connectivity index (χ2n) is 4.96. The van der Waals surface area contributed by atoms with Gasteiger partial charge in [0.1, 0.15) is 5.54 Å². The van der Waals surface area contributed by atoms with E-state index in [9.17, 15) is 9.90 Å². The van der Waals surface area contributed by atoms with Gasteiger partial charge < -0.3 is 10.4 Å². The van der Waals surface area contributed by atoms with Crippen molar-refractivity contribution in [3.05, 3.63) is 0 Å². The number of hydrogen-bond acceptors (Lipinski definition) is 3. The molecule has 0 aromatic rings. The van der Waals surface area contributed by atoms with E-state index in [2.05, 4.69) is 19.2 Å². The monoisotopic (exact) mass is 245 g/mol. The van der Waals surface area contributed by atoms with Crippen LogP contribution in [0.2, 0.25) is 0 Å². The first-order valence-corrected chi connectivity index (χ1v) is 7.28. The summed E-state index contributed by atoms with van der Waals surface area (Å²) in [4.78, 5) is 11.3. The molecule has 1 aliphatic rings. The van der Waals surface area contributed by atoms with Gasteiger partial charge in [0.15, 0.2) is 0 Å². The second kappa shape index (κ2) is 6.50. The summed E-state index contributed by atoms with van der Waals surface area (Å²) in [7, 11) is 0. The van der Waals surface area contributed by atoms with Crippen molar-refractivity contribution in [3.8, 4) is 0 Å². The van der Waals surface area contributed by atoms with E-state index in [1.807, 2.05) is 11.8 Å². The smallest absolute Gasteiger partial charge is 0.323 e. The van der Waals surface area contributed by atoms with E-state index in [1.165, 1.54) is 0 Å². The lowest BCUT2D eigenvalue weighted by Crippen LogP contribution is -2.54. The molecule has 0 saturated carbocycles. The Bertz CT molecular complexity index is 225. The quantitative estimate of drug-likeness (QED) is 0.705. The van der Waals surface area contributed by atoms with Gasteiger partial charge in [0.25, 0.3) is 0 Å². The minimum Gasteiger partial charge on any atom is -0.480 e. The summed E-state index contributed by atoms with van der Waals surface area (Å²) in [5, 5.41) is 12.6. The number of hydrogen-bond donors (Lipinski definition) is 2. The third kappa shape index (κ3) is 3.98. The van der Waals surface area contributed by atoms with Crippen molar-refractivity contribution < 1.29 is 9.90 Å². The maximum atomic E-state index is 11.3. The Morgan fingerprint density at radius 1 is 1.44 bits per heavy atom. The summed E-state index contributed by atoms with van der Waals surface area (Å²) in [5.74, 6) is 1.95. The van der Waals surface area contributed by atoms with E-state index in [0.717, 1.165) is 43.7 Å². The topological polar surface area (TPSA) is 49.3 Å². The summed E-state index contributed by atoms with van der Waals surface area (Å²) in [5.41, 5.74) is -0.637. The minimum absolute atomic E-state index is 0.637. The minimum atomic E-state index is -0.669. The molecule has 0 aliphatic carbocycles. The molecule has 0 amide bonds. The van der Waals surface area contributed by atoms with Crippen LogP contribution < -0.4 is 5.32 Å². The van der Waals surface area contributed by atoms with Crippen LogP contribution in [0.25, 0.3) is 0 Å². The molecule has 1 aliphatic heterocycles. The Morgan fingerprint density at radius 2 is 2.06 bits per heavy atom. The van der Waals surface area contributed by atoms with E-state index in [-0.39, 0.29) is 0 Å². The van der Waals surface area contributed by atoms with Crippen LogP contribution >= 0.6 is 11.8 Å². The Kier molecular flexibility index (Phi) is 5.62. The van der Waals surface area contributed by atoms with Crippen molar-refractivity contribution in [1.82, 2.24) is 5.32 Å².